The number of aromatic nitrogens is 1. The Balaban J connectivity index is 1.93. The zero-order valence-electron chi connectivity index (χ0n) is 9.94. The molecule has 0 radical (unpaired) electrons. The molecule has 4 heteroatoms. The molecule has 88 valence electrons. The topological polar surface area (TPSA) is 37.4 Å². The van der Waals surface area contributed by atoms with Crippen LogP contribution in [0.4, 0.5) is 5.82 Å². The highest BCUT2D eigenvalue weighted by Crippen LogP contribution is 2.19. The molecule has 16 heavy (non-hydrogen) atoms. The second kappa shape index (κ2) is 5.16. The minimum absolute atomic E-state index is 0.350. The minimum atomic E-state index is 0.350. The zero-order chi connectivity index (χ0) is 11.4. The van der Waals surface area contributed by atoms with Crippen molar-refractivity contribution in [3.8, 4) is 5.75 Å². The van der Waals surface area contributed by atoms with Gasteiger partial charge in [-0.05, 0) is 26.0 Å². The van der Waals surface area contributed by atoms with Gasteiger partial charge < -0.3 is 15.0 Å². The molecule has 4 nitrogen and oxygen atoms in total. The number of hydrogen-bond acceptors (Lipinski definition) is 4. The van der Waals surface area contributed by atoms with Crippen molar-refractivity contribution in [2.24, 2.45) is 0 Å². The van der Waals surface area contributed by atoms with Gasteiger partial charge in [-0.15, -0.1) is 0 Å². The van der Waals surface area contributed by atoms with Crippen LogP contribution < -0.4 is 10.1 Å². The quantitative estimate of drug-likeness (QED) is 0.841. The first-order chi connectivity index (χ1) is 7.78. The number of ether oxygens (including phenoxy) is 1. The van der Waals surface area contributed by atoms with Crippen LogP contribution in [0, 0.1) is 0 Å². The number of rotatable bonds is 3. The van der Waals surface area contributed by atoms with E-state index in [9.17, 15) is 0 Å². The Hall–Kier alpha value is -1.29. The molecule has 0 bridgehead atoms. The number of anilines is 1. The normalized spacial score (nSPS) is 18.4. The van der Waals surface area contributed by atoms with Gasteiger partial charge in [0.15, 0.2) is 0 Å². The third kappa shape index (κ3) is 2.85. The molecular formula is C12H19N3O. The van der Waals surface area contributed by atoms with Crippen LogP contribution >= 0.6 is 0 Å². The van der Waals surface area contributed by atoms with Crippen LogP contribution in [-0.4, -0.2) is 43.2 Å². The van der Waals surface area contributed by atoms with E-state index in [0.29, 0.717) is 6.10 Å². The summed E-state index contributed by atoms with van der Waals surface area (Å²) in [6, 6.07) is 3.86. The van der Waals surface area contributed by atoms with Gasteiger partial charge in [-0.25, -0.2) is 4.98 Å². The Labute approximate surface area is 96.6 Å². The van der Waals surface area contributed by atoms with Gasteiger partial charge in [0.05, 0.1) is 0 Å². The molecule has 1 N–H and O–H groups in total. The first-order valence-electron chi connectivity index (χ1n) is 5.77. The monoisotopic (exact) mass is 221 g/mol. The van der Waals surface area contributed by atoms with E-state index in [-0.39, 0.29) is 0 Å². The fraction of sp³-hybridized carbons (Fsp3) is 0.583. The maximum absolute atomic E-state index is 5.94. The molecule has 1 aromatic rings. The van der Waals surface area contributed by atoms with Gasteiger partial charge in [-0.1, -0.05) is 0 Å². The molecule has 1 aromatic heterocycles. The molecule has 0 unspecified atom stereocenters. The summed E-state index contributed by atoms with van der Waals surface area (Å²) in [5.41, 5.74) is 0. The maximum atomic E-state index is 5.94. The molecule has 0 saturated carbocycles. The lowest BCUT2D eigenvalue weighted by molar-refractivity contribution is 0.114. The van der Waals surface area contributed by atoms with Crippen molar-refractivity contribution in [1.29, 1.82) is 0 Å². The first-order valence-corrected chi connectivity index (χ1v) is 5.77. The first kappa shape index (κ1) is 11.2. The zero-order valence-corrected chi connectivity index (χ0v) is 9.94. The van der Waals surface area contributed by atoms with E-state index in [2.05, 4.69) is 22.2 Å². The van der Waals surface area contributed by atoms with E-state index in [1.807, 2.05) is 19.2 Å². The fourth-order valence-electron chi connectivity index (χ4n) is 1.92. The summed E-state index contributed by atoms with van der Waals surface area (Å²) in [5, 5.41) is 3.01. The molecule has 0 spiro atoms. The van der Waals surface area contributed by atoms with Crippen molar-refractivity contribution in [1.82, 2.24) is 9.88 Å². The Kier molecular flexibility index (Phi) is 3.62. The molecule has 2 heterocycles. The third-order valence-corrected chi connectivity index (χ3v) is 2.96. The molecule has 1 aliphatic heterocycles. The molecule has 1 fully saturated rings. The molecular weight excluding hydrogens is 202 g/mol. The third-order valence-electron chi connectivity index (χ3n) is 2.96. The van der Waals surface area contributed by atoms with Gasteiger partial charge in [0.2, 0.25) is 0 Å². The summed E-state index contributed by atoms with van der Waals surface area (Å²) in [6.07, 6.45) is 4.33. The smallest absolute Gasteiger partial charge is 0.129 e. The van der Waals surface area contributed by atoms with Gasteiger partial charge >= 0.3 is 0 Å². The summed E-state index contributed by atoms with van der Waals surface area (Å²) in [7, 11) is 4.02. The Morgan fingerprint density at radius 1 is 1.44 bits per heavy atom. The van der Waals surface area contributed by atoms with Crippen LogP contribution in [-0.2, 0) is 0 Å². The predicted octanol–water partition coefficient (Wildman–Crippen LogP) is 1.60. The molecule has 2 rings (SSSR count). The summed E-state index contributed by atoms with van der Waals surface area (Å²) in [6.45, 7) is 2.24. The van der Waals surface area contributed by atoms with E-state index in [0.717, 1.165) is 37.5 Å². The van der Waals surface area contributed by atoms with E-state index >= 15 is 0 Å². The average Bonchev–Trinajstić information content (AvgIpc) is 2.32. The van der Waals surface area contributed by atoms with Gasteiger partial charge in [0.25, 0.3) is 0 Å². The standard InChI is InChI=1S/C12H19N3O/c1-13-12-9-11(3-6-14-12)16-10-4-7-15(2)8-5-10/h3,6,9-10H,4-5,7-8H2,1-2H3,(H,13,14). The Bertz CT molecular complexity index is 335. The second-order valence-electron chi connectivity index (χ2n) is 4.25. The van der Waals surface area contributed by atoms with Crippen molar-refractivity contribution < 1.29 is 4.74 Å². The van der Waals surface area contributed by atoms with Crippen LogP contribution in [0.3, 0.4) is 0 Å². The summed E-state index contributed by atoms with van der Waals surface area (Å²) >= 11 is 0. The largest absolute Gasteiger partial charge is 0.490 e. The van der Waals surface area contributed by atoms with Crippen molar-refractivity contribution in [3.63, 3.8) is 0 Å². The SMILES string of the molecule is CNc1cc(OC2CCN(C)CC2)ccn1. The molecule has 0 atom stereocenters. The Morgan fingerprint density at radius 2 is 2.19 bits per heavy atom. The summed E-state index contributed by atoms with van der Waals surface area (Å²) in [5.74, 6) is 1.76. The average molecular weight is 221 g/mol. The van der Waals surface area contributed by atoms with Crippen molar-refractivity contribution >= 4 is 5.82 Å². The lowest BCUT2D eigenvalue weighted by atomic mass is 10.1. The molecule has 0 aromatic carbocycles. The number of piperidine rings is 1. The number of pyridine rings is 1. The molecule has 0 amide bonds. The van der Waals surface area contributed by atoms with E-state index in [1.165, 1.54) is 0 Å². The number of hydrogen-bond donors (Lipinski definition) is 1. The highest BCUT2D eigenvalue weighted by Gasteiger charge is 2.17. The van der Waals surface area contributed by atoms with Crippen molar-refractivity contribution in [3.05, 3.63) is 18.3 Å². The van der Waals surface area contributed by atoms with Gasteiger partial charge in [-0.2, -0.15) is 0 Å². The molecule has 1 aliphatic rings. The van der Waals surface area contributed by atoms with Gasteiger partial charge in [0, 0.05) is 32.4 Å². The lowest BCUT2D eigenvalue weighted by Gasteiger charge is -2.29. The summed E-state index contributed by atoms with van der Waals surface area (Å²) in [4.78, 5) is 6.50. The van der Waals surface area contributed by atoms with Crippen molar-refractivity contribution in [2.75, 3.05) is 32.5 Å². The number of likely N-dealkylation sites (tertiary alicyclic amines) is 1. The van der Waals surface area contributed by atoms with Crippen LogP contribution in [0.5, 0.6) is 5.75 Å². The van der Waals surface area contributed by atoms with Crippen LogP contribution in [0.25, 0.3) is 0 Å². The highest BCUT2D eigenvalue weighted by atomic mass is 16.5. The highest BCUT2D eigenvalue weighted by molar-refractivity contribution is 5.39. The predicted molar refractivity (Wildman–Crippen MR) is 64.9 cm³/mol. The van der Waals surface area contributed by atoms with Crippen LogP contribution in [0.15, 0.2) is 18.3 Å². The second-order valence-corrected chi connectivity index (χ2v) is 4.25. The van der Waals surface area contributed by atoms with Gasteiger partial charge in [0.1, 0.15) is 17.7 Å². The number of nitrogens with zero attached hydrogens (tertiary/aromatic N) is 2. The molecule has 0 aliphatic carbocycles. The van der Waals surface area contributed by atoms with E-state index < -0.39 is 0 Å². The number of nitrogens with one attached hydrogen (secondary N) is 1. The van der Waals surface area contributed by atoms with E-state index in [1.54, 1.807) is 6.20 Å². The van der Waals surface area contributed by atoms with Crippen LogP contribution in [0.2, 0.25) is 0 Å². The Morgan fingerprint density at radius 3 is 2.88 bits per heavy atom. The van der Waals surface area contributed by atoms with Crippen LogP contribution in [0.1, 0.15) is 12.8 Å². The fourth-order valence-corrected chi connectivity index (χ4v) is 1.92. The van der Waals surface area contributed by atoms with Gasteiger partial charge in [-0.3, -0.25) is 0 Å². The van der Waals surface area contributed by atoms with Crippen molar-refractivity contribution in [2.45, 2.75) is 18.9 Å². The van der Waals surface area contributed by atoms with E-state index in [4.69, 9.17) is 4.74 Å². The maximum Gasteiger partial charge on any atom is 0.129 e. The minimum Gasteiger partial charge on any atom is -0.490 e. The molecule has 1 saturated heterocycles. The summed E-state index contributed by atoms with van der Waals surface area (Å²) < 4.78 is 5.94. The lowest BCUT2D eigenvalue weighted by Crippen LogP contribution is -2.35.